The smallest absolute Gasteiger partial charge is 0.163 e. The SMILES string of the molecule is CC(C)N1CCC[C@@H](CC(=O)c2cc(Cl)cc(Cl)c2)C1. The highest BCUT2D eigenvalue weighted by Crippen LogP contribution is 2.25. The molecule has 0 unspecified atom stereocenters. The normalized spacial score (nSPS) is 20.4. The van der Waals surface area contributed by atoms with E-state index in [0.717, 1.165) is 19.5 Å². The van der Waals surface area contributed by atoms with Gasteiger partial charge in [0.2, 0.25) is 0 Å². The number of piperidine rings is 1. The van der Waals surface area contributed by atoms with E-state index in [9.17, 15) is 4.79 Å². The first-order valence-corrected chi connectivity index (χ1v) is 7.94. The monoisotopic (exact) mass is 313 g/mol. The highest BCUT2D eigenvalue weighted by atomic mass is 35.5. The molecule has 2 nitrogen and oxygen atoms in total. The van der Waals surface area contributed by atoms with Crippen LogP contribution in [0.15, 0.2) is 18.2 Å². The molecule has 0 aromatic heterocycles. The van der Waals surface area contributed by atoms with Crippen molar-refractivity contribution in [2.45, 2.75) is 39.2 Å². The summed E-state index contributed by atoms with van der Waals surface area (Å²) in [6.07, 6.45) is 2.88. The molecule has 1 atom stereocenters. The number of hydrogen-bond acceptors (Lipinski definition) is 2. The molecule has 1 aromatic rings. The van der Waals surface area contributed by atoms with Crippen LogP contribution < -0.4 is 0 Å². The van der Waals surface area contributed by atoms with Crippen molar-refractivity contribution < 1.29 is 4.79 Å². The van der Waals surface area contributed by atoms with Gasteiger partial charge in [0.05, 0.1) is 0 Å². The minimum Gasteiger partial charge on any atom is -0.301 e. The maximum absolute atomic E-state index is 12.4. The first-order chi connectivity index (χ1) is 9.45. The highest BCUT2D eigenvalue weighted by Gasteiger charge is 2.24. The van der Waals surface area contributed by atoms with Crippen molar-refractivity contribution in [3.05, 3.63) is 33.8 Å². The third-order valence-electron chi connectivity index (χ3n) is 3.94. The molecule has 0 amide bonds. The van der Waals surface area contributed by atoms with Crippen LogP contribution >= 0.6 is 23.2 Å². The van der Waals surface area contributed by atoms with Crippen molar-refractivity contribution in [3.8, 4) is 0 Å². The van der Waals surface area contributed by atoms with Crippen molar-refractivity contribution >= 4 is 29.0 Å². The van der Waals surface area contributed by atoms with Gasteiger partial charge < -0.3 is 4.90 Å². The number of nitrogens with zero attached hydrogens (tertiary/aromatic N) is 1. The molecule has 1 aliphatic rings. The topological polar surface area (TPSA) is 20.3 Å². The Morgan fingerprint density at radius 1 is 1.30 bits per heavy atom. The van der Waals surface area contributed by atoms with Gasteiger partial charge in [-0.1, -0.05) is 23.2 Å². The molecular weight excluding hydrogens is 293 g/mol. The molecular formula is C16H21Cl2NO. The number of carbonyl (C=O) groups is 1. The van der Waals surface area contributed by atoms with E-state index >= 15 is 0 Å². The molecule has 0 bridgehead atoms. The zero-order valence-corrected chi connectivity index (χ0v) is 13.5. The molecule has 0 radical (unpaired) electrons. The summed E-state index contributed by atoms with van der Waals surface area (Å²) < 4.78 is 0. The van der Waals surface area contributed by atoms with Crippen LogP contribution in [0.25, 0.3) is 0 Å². The third kappa shape index (κ3) is 4.21. The van der Waals surface area contributed by atoms with Gasteiger partial charge >= 0.3 is 0 Å². The fraction of sp³-hybridized carbons (Fsp3) is 0.562. The number of halogens is 2. The number of ketones is 1. The predicted octanol–water partition coefficient (Wildman–Crippen LogP) is 4.69. The van der Waals surface area contributed by atoms with Crippen LogP contribution in [-0.2, 0) is 0 Å². The Kier molecular flexibility index (Phi) is 5.48. The summed E-state index contributed by atoms with van der Waals surface area (Å²) in [7, 11) is 0. The van der Waals surface area contributed by atoms with Crippen LogP contribution in [0.2, 0.25) is 10.0 Å². The van der Waals surface area contributed by atoms with Crippen molar-refractivity contribution in [1.29, 1.82) is 0 Å². The summed E-state index contributed by atoms with van der Waals surface area (Å²) in [6, 6.07) is 5.62. The summed E-state index contributed by atoms with van der Waals surface area (Å²) in [4.78, 5) is 14.8. The molecule has 4 heteroatoms. The molecule has 2 rings (SSSR count). The predicted molar refractivity (Wildman–Crippen MR) is 84.8 cm³/mol. The minimum absolute atomic E-state index is 0.144. The maximum atomic E-state index is 12.4. The van der Waals surface area contributed by atoms with E-state index in [4.69, 9.17) is 23.2 Å². The average molecular weight is 314 g/mol. The first kappa shape index (κ1) is 15.8. The van der Waals surface area contributed by atoms with Gasteiger partial charge in [0, 0.05) is 34.6 Å². The number of rotatable bonds is 4. The minimum atomic E-state index is 0.144. The number of carbonyl (C=O) groups excluding carboxylic acids is 1. The fourth-order valence-corrected chi connectivity index (χ4v) is 3.35. The second-order valence-corrected chi connectivity index (χ2v) is 6.76. The zero-order valence-electron chi connectivity index (χ0n) is 12.0. The third-order valence-corrected chi connectivity index (χ3v) is 4.38. The molecule has 1 saturated heterocycles. The van der Waals surface area contributed by atoms with Crippen LogP contribution in [-0.4, -0.2) is 29.8 Å². The molecule has 0 aliphatic carbocycles. The summed E-state index contributed by atoms with van der Waals surface area (Å²) >= 11 is 11.9. The van der Waals surface area contributed by atoms with Crippen molar-refractivity contribution in [2.24, 2.45) is 5.92 Å². The van der Waals surface area contributed by atoms with Crippen LogP contribution in [0.5, 0.6) is 0 Å². The Morgan fingerprint density at radius 3 is 2.55 bits per heavy atom. The lowest BCUT2D eigenvalue weighted by molar-refractivity contribution is 0.0890. The summed E-state index contributed by atoms with van der Waals surface area (Å²) in [6.45, 7) is 6.57. The maximum Gasteiger partial charge on any atom is 0.163 e. The number of Topliss-reactive ketones (excluding diaryl/α,β-unsaturated/α-hetero) is 1. The molecule has 1 heterocycles. The second-order valence-electron chi connectivity index (χ2n) is 5.88. The Morgan fingerprint density at radius 2 is 1.95 bits per heavy atom. The van der Waals surface area contributed by atoms with Gasteiger partial charge in [-0.2, -0.15) is 0 Å². The van der Waals surface area contributed by atoms with E-state index in [1.54, 1.807) is 18.2 Å². The number of likely N-dealkylation sites (tertiary alicyclic amines) is 1. The second kappa shape index (κ2) is 6.93. The van der Waals surface area contributed by atoms with Gasteiger partial charge in [-0.05, 0) is 57.4 Å². The van der Waals surface area contributed by atoms with Gasteiger partial charge in [-0.25, -0.2) is 0 Å². The van der Waals surface area contributed by atoms with Gasteiger partial charge in [0.15, 0.2) is 5.78 Å². The van der Waals surface area contributed by atoms with Crippen molar-refractivity contribution in [2.75, 3.05) is 13.1 Å². The Balaban J connectivity index is 2.00. The highest BCUT2D eigenvalue weighted by molar-refractivity contribution is 6.35. The summed E-state index contributed by atoms with van der Waals surface area (Å²) in [5.41, 5.74) is 0.629. The standard InChI is InChI=1S/C16H21Cl2NO/c1-11(2)19-5-3-4-12(10-19)6-16(20)13-7-14(17)9-15(18)8-13/h7-9,11-12H,3-6,10H2,1-2H3/t12-/m0/s1. The number of benzene rings is 1. The first-order valence-electron chi connectivity index (χ1n) is 7.19. The molecule has 20 heavy (non-hydrogen) atoms. The molecule has 110 valence electrons. The van der Waals surface area contributed by atoms with Gasteiger partial charge in [-0.3, -0.25) is 4.79 Å². The van der Waals surface area contributed by atoms with E-state index in [1.807, 2.05) is 0 Å². The van der Waals surface area contributed by atoms with Gasteiger partial charge in [-0.15, -0.1) is 0 Å². The van der Waals surface area contributed by atoms with E-state index in [1.165, 1.54) is 6.42 Å². The van der Waals surface area contributed by atoms with E-state index in [-0.39, 0.29) is 5.78 Å². The Hall–Kier alpha value is -0.570. The largest absolute Gasteiger partial charge is 0.301 e. The van der Waals surface area contributed by atoms with Crippen LogP contribution in [0.4, 0.5) is 0 Å². The molecule has 0 saturated carbocycles. The lowest BCUT2D eigenvalue weighted by Crippen LogP contribution is -2.40. The lowest BCUT2D eigenvalue weighted by atomic mass is 9.90. The zero-order chi connectivity index (χ0) is 14.7. The van der Waals surface area contributed by atoms with Gasteiger partial charge in [0.25, 0.3) is 0 Å². The van der Waals surface area contributed by atoms with Crippen molar-refractivity contribution in [3.63, 3.8) is 0 Å². The Bertz CT molecular complexity index is 467. The molecule has 0 N–H and O–H groups in total. The summed E-state index contributed by atoms with van der Waals surface area (Å²) in [5.74, 6) is 0.585. The summed E-state index contributed by atoms with van der Waals surface area (Å²) in [5, 5.41) is 1.04. The van der Waals surface area contributed by atoms with E-state index < -0.39 is 0 Å². The number of hydrogen-bond donors (Lipinski definition) is 0. The van der Waals surface area contributed by atoms with Gasteiger partial charge in [0.1, 0.15) is 0 Å². The molecule has 1 aromatic carbocycles. The molecule has 1 aliphatic heterocycles. The van der Waals surface area contributed by atoms with E-state index in [2.05, 4.69) is 18.7 Å². The van der Waals surface area contributed by atoms with Crippen molar-refractivity contribution in [1.82, 2.24) is 4.90 Å². The molecule has 1 fully saturated rings. The van der Waals surface area contributed by atoms with E-state index in [0.29, 0.717) is 34.0 Å². The Labute approximate surface area is 131 Å². The lowest BCUT2D eigenvalue weighted by Gasteiger charge is -2.35. The van der Waals surface area contributed by atoms with Crippen LogP contribution in [0.3, 0.4) is 0 Å². The fourth-order valence-electron chi connectivity index (χ4n) is 2.83. The molecule has 0 spiro atoms. The van der Waals surface area contributed by atoms with Crippen LogP contribution in [0.1, 0.15) is 43.5 Å². The quantitative estimate of drug-likeness (QED) is 0.752. The van der Waals surface area contributed by atoms with Crippen LogP contribution in [0, 0.1) is 5.92 Å². The average Bonchev–Trinajstić information content (AvgIpc) is 2.37.